The highest BCUT2D eigenvalue weighted by Gasteiger charge is 2.46. The summed E-state index contributed by atoms with van der Waals surface area (Å²) in [6.45, 7) is 3.41. The van der Waals surface area contributed by atoms with Gasteiger partial charge in [-0.1, -0.05) is 11.6 Å². The fourth-order valence-corrected chi connectivity index (χ4v) is 5.84. The standard InChI is InChI=1S/C25H21ClFN5O6S/c1-25(2,23-30-19-12(26)8-10(38-3)9-15(19)39-23)31-24(37)28-13-5-4-11-17(18(13)27)22(36)32(21(11)35)14-6-7-16(33)29-20(14)34/h4-5,8-9,14H,6-7H2,1-3H3,(H2,28,31,37)(H,29,33,34). The lowest BCUT2D eigenvalue weighted by atomic mass is 10.0. The Hall–Kier alpha value is -4.10. The molecule has 2 aromatic carbocycles. The predicted molar refractivity (Wildman–Crippen MR) is 139 cm³/mol. The summed E-state index contributed by atoms with van der Waals surface area (Å²) < 4.78 is 21.4. The minimum Gasteiger partial charge on any atom is -0.497 e. The highest BCUT2D eigenvalue weighted by Crippen LogP contribution is 2.37. The molecule has 3 aromatic rings. The minimum absolute atomic E-state index is 0.0654. The van der Waals surface area contributed by atoms with Crippen molar-refractivity contribution in [2.24, 2.45) is 0 Å². The van der Waals surface area contributed by atoms with E-state index >= 15 is 4.39 Å². The van der Waals surface area contributed by atoms with Crippen molar-refractivity contribution in [3.63, 3.8) is 0 Å². The number of hydrogen-bond donors (Lipinski definition) is 3. The highest BCUT2D eigenvalue weighted by atomic mass is 35.5. The van der Waals surface area contributed by atoms with Gasteiger partial charge in [-0.3, -0.25) is 29.4 Å². The molecule has 2 aliphatic rings. The Kier molecular flexibility index (Phi) is 6.51. The monoisotopic (exact) mass is 573 g/mol. The van der Waals surface area contributed by atoms with E-state index in [0.29, 0.717) is 26.2 Å². The van der Waals surface area contributed by atoms with E-state index < -0.39 is 52.6 Å². The van der Waals surface area contributed by atoms with Crippen molar-refractivity contribution < 1.29 is 33.1 Å². The normalized spacial score (nSPS) is 17.4. The zero-order valence-corrected chi connectivity index (χ0v) is 22.4. The predicted octanol–water partition coefficient (Wildman–Crippen LogP) is 3.56. The first-order chi connectivity index (χ1) is 18.4. The third kappa shape index (κ3) is 4.57. The van der Waals surface area contributed by atoms with Gasteiger partial charge in [0.05, 0.1) is 39.2 Å². The maximum Gasteiger partial charge on any atom is 0.320 e. The molecule has 0 spiro atoms. The Balaban J connectivity index is 1.35. The van der Waals surface area contributed by atoms with Gasteiger partial charge in [-0.2, -0.15) is 0 Å². The Morgan fingerprint density at radius 2 is 1.97 bits per heavy atom. The van der Waals surface area contributed by atoms with Gasteiger partial charge in [0, 0.05) is 12.5 Å². The van der Waals surface area contributed by atoms with Crippen molar-refractivity contribution in [2.75, 3.05) is 12.4 Å². The summed E-state index contributed by atoms with van der Waals surface area (Å²) in [5, 5.41) is 8.09. The number of halogens is 2. The second-order valence-electron chi connectivity index (χ2n) is 9.48. The molecule has 14 heteroatoms. The number of aromatic nitrogens is 1. The van der Waals surface area contributed by atoms with E-state index in [1.165, 1.54) is 24.5 Å². The second-order valence-corrected chi connectivity index (χ2v) is 10.9. The molecule has 0 saturated carbocycles. The summed E-state index contributed by atoms with van der Waals surface area (Å²) in [5.41, 5.74) is -1.61. The zero-order chi connectivity index (χ0) is 28.2. The Morgan fingerprint density at radius 1 is 1.23 bits per heavy atom. The van der Waals surface area contributed by atoms with Gasteiger partial charge < -0.3 is 15.4 Å². The smallest absolute Gasteiger partial charge is 0.320 e. The number of ether oxygens (including phenoxy) is 1. The van der Waals surface area contributed by atoms with Gasteiger partial charge in [0.15, 0.2) is 5.82 Å². The molecule has 1 atom stereocenters. The maximum absolute atomic E-state index is 15.4. The molecule has 3 N–H and O–H groups in total. The van der Waals surface area contributed by atoms with Crippen LogP contribution in [0, 0.1) is 5.82 Å². The number of rotatable bonds is 5. The molecule has 3 heterocycles. The molecule has 1 unspecified atom stereocenters. The first kappa shape index (κ1) is 26.5. The molecule has 0 radical (unpaired) electrons. The Morgan fingerprint density at radius 3 is 2.67 bits per heavy atom. The molecule has 5 rings (SSSR count). The van der Waals surface area contributed by atoms with E-state index in [4.69, 9.17) is 16.3 Å². The van der Waals surface area contributed by atoms with Crippen molar-refractivity contribution in [1.82, 2.24) is 20.5 Å². The highest BCUT2D eigenvalue weighted by molar-refractivity contribution is 7.18. The van der Waals surface area contributed by atoms with Crippen LogP contribution in [-0.4, -0.2) is 52.7 Å². The number of nitrogens with one attached hydrogen (secondary N) is 3. The Labute approximate surface area is 229 Å². The molecule has 0 bridgehead atoms. The molecule has 6 amide bonds. The first-order valence-electron chi connectivity index (χ1n) is 11.7. The molecule has 11 nitrogen and oxygen atoms in total. The van der Waals surface area contributed by atoms with Gasteiger partial charge in [0.1, 0.15) is 22.3 Å². The van der Waals surface area contributed by atoms with E-state index in [0.717, 1.165) is 10.8 Å². The number of benzene rings is 2. The summed E-state index contributed by atoms with van der Waals surface area (Å²) in [4.78, 5) is 67.6. The van der Waals surface area contributed by atoms with E-state index in [9.17, 15) is 24.0 Å². The van der Waals surface area contributed by atoms with Gasteiger partial charge in [-0.15, -0.1) is 11.3 Å². The van der Waals surface area contributed by atoms with Crippen LogP contribution in [0.25, 0.3) is 10.2 Å². The number of piperidine rings is 1. The van der Waals surface area contributed by atoms with E-state index in [1.807, 2.05) is 0 Å². The second kappa shape index (κ2) is 9.58. The lowest BCUT2D eigenvalue weighted by Gasteiger charge is -2.27. The van der Waals surface area contributed by atoms with Crippen LogP contribution < -0.4 is 20.7 Å². The number of thiazole rings is 1. The largest absolute Gasteiger partial charge is 0.497 e. The van der Waals surface area contributed by atoms with Crippen molar-refractivity contribution in [1.29, 1.82) is 0 Å². The van der Waals surface area contributed by atoms with Crippen LogP contribution in [0.4, 0.5) is 14.9 Å². The third-order valence-electron chi connectivity index (χ3n) is 6.41. The summed E-state index contributed by atoms with van der Waals surface area (Å²) in [6.07, 6.45) is -0.131. The lowest BCUT2D eigenvalue weighted by Crippen LogP contribution is -2.54. The van der Waals surface area contributed by atoms with Crippen molar-refractivity contribution in [3.05, 3.63) is 51.2 Å². The fraction of sp³-hybridized carbons (Fsp3) is 0.280. The van der Waals surface area contributed by atoms with E-state index in [-0.39, 0.29) is 24.1 Å². The van der Waals surface area contributed by atoms with Gasteiger partial charge in [0.25, 0.3) is 11.8 Å². The average molecular weight is 574 g/mol. The van der Waals surface area contributed by atoms with Crippen LogP contribution in [0.3, 0.4) is 0 Å². The quantitative estimate of drug-likeness (QED) is 0.395. The first-order valence-corrected chi connectivity index (χ1v) is 12.9. The SMILES string of the molecule is COc1cc(Cl)c2nc(C(C)(C)NC(=O)Nc3ccc4c(c3F)C(=O)N(C3CCC(=O)NC3=O)C4=O)sc2c1. The minimum atomic E-state index is -1.24. The van der Waals surface area contributed by atoms with Gasteiger partial charge in [0.2, 0.25) is 11.8 Å². The summed E-state index contributed by atoms with van der Waals surface area (Å²) >= 11 is 7.61. The number of hydrogen-bond acceptors (Lipinski definition) is 8. The van der Waals surface area contributed by atoms with E-state index in [2.05, 4.69) is 20.9 Å². The van der Waals surface area contributed by atoms with Crippen molar-refractivity contribution in [3.8, 4) is 5.75 Å². The molecule has 39 heavy (non-hydrogen) atoms. The number of methoxy groups -OCH3 is 1. The van der Waals surface area contributed by atoms with Gasteiger partial charge in [-0.05, 0) is 38.5 Å². The van der Waals surface area contributed by atoms with Crippen LogP contribution in [0.15, 0.2) is 24.3 Å². The molecular weight excluding hydrogens is 553 g/mol. The van der Waals surface area contributed by atoms with Crippen LogP contribution in [0.1, 0.15) is 52.4 Å². The topological polar surface area (TPSA) is 147 Å². The van der Waals surface area contributed by atoms with Gasteiger partial charge in [-0.25, -0.2) is 14.2 Å². The number of amides is 6. The van der Waals surface area contributed by atoms with Crippen LogP contribution in [0.5, 0.6) is 5.75 Å². The molecule has 202 valence electrons. The lowest BCUT2D eigenvalue weighted by molar-refractivity contribution is -0.136. The number of nitrogens with zero attached hydrogens (tertiary/aromatic N) is 2. The van der Waals surface area contributed by atoms with Crippen molar-refractivity contribution >= 4 is 68.5 Å². The van der Waals surface area contributed by atoms with Crippen LogP contribution in [0.2, 0.25) is 5.02 Å². The van der Waals surface area contributed by atoms with Crippen LogP contribution >= 0.6 is 22.9 Å². The molecule has 2 aliphatic heterocycles. The molecular formula is C25H21ClFN5O6S. The van der Waals surface area contributed by atoms with E-state index in [1.54, 1.807) is 26.0 Å². The number of carbonyl (C=O) groups excluding carboxylic acids is 5. The zero-order valence-electron chi connectivity index (χ0n) is 20.8. The third-order valence-corrected chi connectivity index (χ3v) is 8.03. The fourth-order valence-electron chi connectivity index (χ4n) is 4.45. The number of anilines is 1. The Bertz CT molecular complexity index is 1610. The summed E-state index contributed by atoms with van der Waals surface area (Å²) in [6, 6.07) is 3.73. The molecule has 0 aliphatic carbocycles. The number of carbonyl (C=O) groups is 5. The number of fused-ring (bicyclic) bond motifs is 2. The summed E-state index contributed by atoms with van der Waals surface area (Å²) in [7, 11) is 1.52. The molecule has 1 fully saturated rings. The molecule has 1 saturated heterocycles. The van der Waals surface area contributed by atoms with Crippen LogP contribution in [-0.2, 0) is 15.1 Å². The maximum atomic E-state index is 15.4. The average Bonchev–Trinajstić information content (AvgIpc) is 3.41. The number of imide groups is 2. The molecule has 1 aromatic heterocycles. The van der Waals surface area contributed by atoms with Crippen molar-refractivity contribution in [2.45, 2.75) is 38.3 Å². The number of urea groups is 1. The van der Waals surface area contributed by atoms with Gasteiger partial charge >= 0.3 is 6.03 Å². The summed E-state index contributed by atoms with van der Waals surface area (Å²) in [5.74, 6) is -3.77.